The van der Waals surface area contributed by atoms with E-state index in [1.807, 2.05) is 60.7 Å². The van der Waals surface area contributed by atoms with Gasteiger partial charge in [-0.25, -0.2) is 4.79 Å². The van der Waals surface area contributed by atoms with E-state index in [0.717, 1.165) is 33.5 Å². The summed E-state index contributed by atoms with van der Waals surface area (Å²) < 4.78 is 11.0. The molecule has 1 aliphatic heterocycles. The van der Waals surface area contributed by atoms with Crippen molar-refractivity contribution in [3.8, 4) is 11.5 Å². The average molecular weight is 334 g/mol. The Balaban J connectivity index is 1.38. The Labute approximate surface area is 145 Å². The lowest BCUT2D eigenvalue weighted by Crippen LogP contribution is -2.28. The maximum atomic E-state index is 12.1. The molecule has 0 spiro atoms. The molecule has 5 heteroatoms. The highest BCUT2D eigenvalue weighted by molar-refractivity contribution is 5.93. The molecule has 0 bridgehead atoms. The van der Waals surface area contributed by atoms with Crippen LogP contribution in [0.1, 0.15) is 5.56 Å². The molecule has 0 saturated carbocycles. The second-order valence-corrected chi connectivity index (χ2v) is 5.85. The van der Waals surface area contributed by atoms with Gasteiger partial charge in [-0.15, -0.1) is 0 Å². The molecule has 0 aromatic heterocycles. The average Bonchev–Trinajstić information content (AvgIpc) is 2.66. The van der Waals surface area contributed by atoms with Gasteiger partial charge in [0.2, 0.25) is 0 Å². The zero-order valence-electron chi connectivity index (χ0n) is 13.6. The van der Waals surface area contributed by atoms with E-state index in [2.05, 4.69) is 10.6 Å². The van der Waals surface area contributed by atoms with Crippen molar-refractivity contribution in [3.63, 3.8) is 0 Å². The van der Waals surface area contributed by atoms with E-state index in [1.165, 1.54) is 0 Å². The van der Waals surface area contributed by atoms with Gasteiger partial charge >= 0.3 is 6.03 Å². The van der Waals surface area contributed by atoms with Crippen LogP contribution in [-0.4, -0.2) is 19.2 Å². The standard InChI is InChI=1S/C20H18N2O3/c23-20(22-17-7-6-15-3-1-2-4-16(15)12-17)21-13-14-5-8-18-19(11-14)25-10-9-24-18/h1-8,11-12H,9-10,13H2,(H2,21,22,23). The third-order valence-corrected chi connectivity index (χ3v) is 4.07. The molecule has 0 saturated heterocycles. The summed E-state index contributed by atoms with van der Waals surface area (Å²) in [5.41, 5.74) is 1.72. The Kier molecular flexibility index (Phi) is 4.12. The maximum absolute atomic E-state index is 12.1. The fourth-order valence-corrected chi connectivity index (χ4v) is 2.82. The molecule has 0 aliphatic carbocycles. The second-order valence-electron chi connectivity index (χ2n) is 5.85. The molecule has 126 valence electrons. The normalized spacial score (nSPS) is 12.6. The number of carbonyl (C=O) groups is 1. The first-order valence-electron chi connectivity index (χ1n) is 8.20. The zero-order valence-corrected chi connectivity index (χ0v) is 13.6. The lowest BCUT2D eigenvalue weighted by molar-refractivity contribution is 0.171. The van der Waals surface area contributed by atoms with Gasteiger partial charge in [0.05, 0.1) is 0 Å². The van der Waals surface area contributed by atoms with Crippen molar-refractivity contribution in [1.82, 2.24) is 5.32 Å². The van der Waals surface area contributed by atoms with Crippen molar-refractivity contribution in [2.24, 2.45) is 0 Å². The Hall–Kier alpha value is -3.21. The number of urea groups is 1. The van der Waals surface area contributed by atoms with Gasteiger partial charge in [-0.3, -0.25) is 0 Å². The third-order valence-electron chi connectivity index (χ3n) is 4.07. The Bertz CT molecular complexity index is 924. The maximum Gasteiger partial charge on any atom is 0.319 e. The van der Waals surface area contributed by atoms with Gasteiger partial charge in [0.1, 0.15) is 13.2 Å². The summed E-state index contributed by atoms with van der Waals surface area (Å²) in [5, 5.41) is 7.95. The van der Waals surface area contributed by atoms with Gasteiger partial charge in [0.15, 0.2) is 11.5 Å². The first kappa shape index (κ1) is 15.3. The van der Waals surface area contributed by atoms with Crippen molar-refractivity contribution >= 4 is 22.5 Å². The van der Waals surface area contributed by atoms with Crippen LogP contribution in [0.15, 0.2) is 60.7 Å². The van der Waals surface area contributed by atoms with Crippen LogP contribution in [0.2, 0.25) is 0 Å². The SMILES string of the molecule is O=C(NCc1ccc2c(c1)OCCO2)Nc1ccc2ccccc2c1. The molecule has 4 rings (SSSR count). The highest BCUT2D eigenvalue weighted by atomic mass is 16.6. The largest absolute Gasteiger partial charge is 0.486 e. The monoisotopic (exact) mass is 334 g/mol. The van der Waals surface area contributed by atoms with Crippen molar-refractivity contribution in [2.75, 3.05) is 18.5 Å². The summed E-state index contributed by atoms with van der Waals surface area (Å²) in [6.07, 6.45) is 0. The third kappa shape index (κ3) is 3.50. The number of fused-ring (bicyclic) bond motifs is 2. The highest BCUT2D eigenvalue weighted by Crippen LogP contribution is 2.30. The van der Waals surface area contributed by atoms with Crippen LogP contribution in [0.5, 0.6) is 11.5 Å². The minimum absolute atomic E-state index is 0.245. The van der Waals surface area contributed by atoms with E-state index in [1.54, 1.807) is 0 Å². The number of carbonyl (C=O) groups excluding carboxylic acids is 1. The predicted octanol–water partition coefficient (Wildman–Crippen LogP) is 3.93. The number of amides is 2. The summed E-state index contributed by atoms with van der Waals surface area (Å²) in [6, 6.07) is 19.3. The Morgan fingerprint density at radius 1 is 0.880 bits per heavy atom. The van der Waals surface area contributed by atoms with Crippen LogP contribution in [0.3, 0.4) is 0 Å². The molecule has 0 radical (unpaired) electrons. The van der Waals surface area contributed by atoms with Crippen LogP contribution in [0.25, 0.3) is 10.8 Å². The van der Waals surface area contributed by atoms with E-state index in [9.17, 15) is 4.79 Å². The summed E-state index contributed by atoms with van der Waals surface area (Å²) in [5.74, 6) is 1.47. The smallest absolute Gasteiger partial charge is 0.319 e. The first-order valence-corrected chi connectivity index (χ1v) is 8.20. The van der Waals surface area contributed by atoms with Gasteiger partial charge in [0.25, 0.3) is 0 Å². The lowest BCUT2D eigenvalue weighted by atomic mass is 10.1. The molecule has 1 aliphatic rings. The number of hydrogen-bond donors (Lipinski definition) is 2. The van der Waals surface area contributed by atoms with Crippen molar-refractivity contribution in [3.05, 3.63) is 66.2 Å². The predicted molar refractivity (Wildman–Crippen MR) is 97.2 cm³/mol. The van der Waals surface area contributed by atoms with Gasteiger partial charge in [-0.1, -0.05) is 36.4 Å². The van der Waals surface area contributed by atoms with Crippen LogP contribution in [0.4, 0.5) is 10.5 Å². The molecule has 2 amide bonds. The van der Waals surface area contributed by atoms with E-state index in [4.69, 9.17) is 9.47 Å². The topological polar surface area (TPSA) is 59.6 Å². The van der Waals surface area contributed by atoms with E-state index < -0.39 is 0 Å². The van der Waals surface area contributed by atoms with Gasteiger partial charge in [0, 0.05) is 12.2 Å². The van der Waals surface area contributed by atoms with Crippen LogP contribution in [-0.2, 0) is 6.54 Å². The summed E-state index contributed by atoms with van der Waals surface area (Å²) in [4.78, 5) is 12.1. The van der Waals surface area contributed by atoms with Crippen molar-refractivity contribution in [1.29, 1.82) is 0 Å². The zero-order chi connectivity index (χ0) is 17.1. The van der Waals surface area contributed by atoms with Gasteiger partial charge in [-0.05, 0) is 40.6 Å². The highest BCUT2D eigenvalue weighted by Gasteiger charge is 2.12. The Morgan fingerprint density at radius 2 is 1.68 bits per heavy atom. The van der Waals surface area contributed by atoms with E-state index >= 15 is 0 Å². The summed E-state index contributed by atoms with van der Waals surface area (Å²) in [6.45, 7) is 1.53. The molecule has 3 aromatic carbocycles. The number of nitrogens with one attached hydrogen (secondary N) is 2. The quantitative estimate of drug-likeness (QED) is 0.763. The minimum atomic E-state index is -0.245. The number of ether oxygens (including phenoxy) is 2. The first-order chi connectivity index (χ1) is 12.3. The second kappa shape index (κ2) is 6.73. The molecule has 0 fully saturated rings. The molecular weight excluding hydrogens is 316 g/mol. The summed E-state index contributed by atoms with van der Waals surface area (Å²) in [7, 11) is 0. The number of hydrogen-bond acceptors (Lipinski definition) is 3. The van der Waals surface area contributed by atoms with Crippen molar-refractivity contribution in [2.45, 2.75) is 6.54 Å². The van der Waals surface area contributed by atoms with Gasteiger partial charge < -0.3 is 20.1 Å². The van der Waals surface area contributed by atoms with Crippen molar-refractivity contribution < 1.29 is 14.3 Å². The molecule has 0 unspecified atom stereocenters. The molecule has 3 aromatic rings. The molecule has 25 heavy (non-hydrogen) atoms. The molecular formula is C20H18N2O3. The van der Waals surface area contributed by atoms with E-state index in [-0.39, 0.29) is 6.03 Å². The summed E-state index contributed by atoms with van der Waals surface area (Å²) >= 11 is 0. The molecule has 5 nitrogen and oxygen atoms in total. The van der Waals surface area contributed by atoms with Crippen LogP contribution < -0.4 is 20.1 Å². The lowest BCUT2D eigenvalue weighted by Gasteiger charge is -2.19. The molecule has 0 atom stereocenters. The van der Waals surface area contributed by atoms with Crippen LogP contribution >= 0.6 is 0 Å². The Morgan fingerprint density at radius 3 is 2.56 bits per heavy atom. The van der Waals surface area contributed by atoms with Gasteiger partial charge in [-0.2, -0.15) is 0 Å². The minimum Gasteiger partial charge on any atom is -0.486 e. The number of benzene rings is 3. The molecule has 1 heterocycles. The van der Waals surface area contributed by atoms with E-state index in [0.29, 0.717) is 19.8 Å². The number of rotatable bonds is 3. The fraction of sp³-hybridized carbons (Fsp3) is 0.150. The number of anilines is 1. The molecule has 2 N–H and O–H groups in total. The van der Waals surface area contributed by atoms with Crippen LogP contribution in [0, 0.1) is 0 Å². The fourth-order valence-electron chi connectivity index (χ4n) is 2.82.